The number of nitrogens with two attached hydrogens (primary N) is 1. The number of rotatable bonds is 7. The van der Waals surface area contributed by atoms with Crippen LogP contribution in [0.2, 0.25) is 0 Å². The Bertz CT molecular complexity index is 930. The molecule has 0 saturated carbocycles. The molecule has 1 fully saturated rings. The van der Waals surface area contributed by atoms with Crippen LogP contribution in [0.4, 0.5) is 14.5 Å². The first kappa shape index (κ1) is 22.3. The second kappa shape index (κ2) is 10.6. The molecule has 31 heavy (non-hydrogen) atoms. The van der Waals surface area contributed by atoms with Crippen molar-refractivity contribution in [3.63, 3.8) is 0 Å². The fraction of sp³-hybridized carbons (Fsp3) is 0.364. The van der Waals surface area contributed by atoms with Gasteiger partial charge in [0.25, 0.3) is 5.91 Å². The van der Waals surface area contributed by atoms with Crippen LogP contribution < -0.4 is 20.7 Å². The van der Waals surface area contributed by atoms with E-state index in [4.69, 9.17) is 15.5 Å². The molecule has 7 nitrogen and oxygen atoms in total. The second-order valence-corrected chi connectivity index (χ2v) is 7.14. The summed E-state index contributed by atoms with van der Waals surface area (Å²) < 4.78 is 32.9. The summed E-state index contributed by atoms with van der Waals surface area (Å²) in [4.78, 5) is 19.5. The molecule has 1 heterocycles. The number of amides is 1. The molecular weight excluding hydrogens is 404 g/mol. The van der Waals surface area contributed by atoms with E-state index in [2.05, 4.69) is 10.2 Å². The van der Waals surface area contributed by atoms with E-state index in [1.54, 1.807) is 6.07 Å². The van der Waals surface area contributed by atoms with Crippen molar-refractivity contribution in [3.05, 3.63) is 59.7 Å². The first-order chi connectivity index (χ1) is 15.0. The summed E-state index contributed by atoms with van der Waals surface area (Å²) in [6.45, 7) is 5.32. The summed E-state index contributed by atoms with van der Waals surface area (Å²) in [5.74, 6) is -0.0905. The average Bonchev–Trinajstić information content (AvgIpc) is 2.77. The zero-order valence-electron chi connectivity index (χ0n) is 17.5. The number of aliphatic imine (C=N–C) groups is 1. The number of anilines is 1. The Morgan fingerprint density at radius 1 is 1.16 bits per heavy atom. The molecule has 0 atom stereocenters. The van der Waals surface area contributed by atoms with Crippen molar-refractivity contribution in [1.29, 1.82) is 0 Å². The zero-order chi connectivity index (χ0) is 22.2. The smallest absolute Gasteiger partial charge is 0.255 e. The highest BCUT2D eigenvalue weighted by atomic mass is 19.1. The molecule has 0 aliphatic carbocycles. The summed E-state index contributed by atoms with van der Waals surface area (Å²) in [6, 6.07) is 10.8. The lowest BCUT2D eigenvalue weighted by Gasteiger charge is -2.37. The fourth-order valence-corrected chi connectivity index (χ4v) is 3.37. The van der Waals surface area contributed by atoms with Crippen LogP contribution in [0, 0.1) is 11.6 Å². The Kier molecular flexibility index (Phi) is 7.64. The van der Waals surface area contributed by atoms with Gasteiger partial charge in [-0.25, -0.2) is 13.8 Å². The van der Waals surface area contributed by atoms with Crippen LogP contribution in [0.5, 0.6) is 5.75 Å². The lowest BCUT2D eigenvalue weighted by molar-refractivity contribution is -0.119. The number of carbonyl (C=O) groups excluding carboxylic acids is 1. The van der Waals surface area contributed by atoms with Crippen LogP contribution >= 0.6 is 0 Å². The summed E-state index contributed by atoms with van der Waals surface area (Å²) in [5.41, 5.74) is 6.33. The Morgan fingerprint density at radius 2 is 1.94 bits per heavy atom. The minimum Gasteiger partial charge on any atom is -0.484 e. The van der Waals surface area contributed by atoms with Crippen molar-refractivity contribution < 1.29 is 18.3 Å². The van der Waals surface area contributed by atoms with Gasteiger partial charge in [0.15, 0.2) is 12.6 Å². The van der Waals surface area contributed by atoms with E-state index in [0.717, 1.165) is 23.7 Å². The molecule has 3 N–H and O–H groups in total. The van der Waals surface area contributed by atoms with Gasteiger partial charge in [-0.15, -0.1) is 0 Å². The minimum atomic E-state index is -0.532. The molecular formula is C22H27F2N5O2. The van der Waals surface area contributed by atoms with Gasteiger partial charge in [-0.1, -0.05) is 12.1 Å². The van der Waals surface area contributed by atoms with Crippen LogP contribution in [-0.2, 0) is 11.3 Å². The van der Waals surface area contributed by atoms with E-state index in [1.807, 2.05) is 30.0 Å². The van der Waals surface area contributed by atoms with Gasteiger partial charge >= 0.3 is 0 Å². The Hall–Kier alpha value is -3.36. The largest absolute Gasteiger partial charge is 0.484 e. The molecule has 2 aromatic rings. The minimum absolute atomic E-state index is 0.175. The van der Waals surface area contributed by atoms with E-state index in [0.29, 0.717) is 45.0 Å². The van der Waals surface area contributed by atoms with Gasteiger partial charge in [0.05, 0.1) is 12.2 Å². The van der Waals surface area contributed by atoms with Gasteiger partial charge in [0.2, 0.25) is 0 Å². The quantitative estimate of drug-likeness (QED) is 0.518. The first-order valence-electron chi connectivity index (χ1n) is 10.2. The summed E-state index contributed by atoms with van der Waals surface area (Å²) in [6.07, 6.45) is 0. The third-order valence-corrected chi connectivity index (χ3v) is 4.85. The zero-order valence-corrected chi connectivity index (χ0v) is 17.5. The molecule has 0 radical (unpaired) electrons. The number of piperazine rings is 1. The third-order valence-electron chi connectivity index (χ3n) is 4.85. The predicted octanol–water partition coefficient (Wildman–Crippen LogP) is 2.12. The molecule has 1 aliphatic rings. The van der Waals surface area contributed by atoms with Gasteiger partial charge in [-0.3, -0.25) is 4.79 Å². The number of ether oxygens (including phenoxy) is 1. The van der Waals surface area contributed by atoms with Crippen molar-refractivity contribution in [2.45, 2.75) is 13.5 Å². The molecule has 2 aromatic carbocycles. The molecule has 9 heteroatoms. The Labute approximate surface area is 180 Å². The number of hydrogen-bond donors (Lipinski definition) is 2. The number of nitrogens with zero attached hydrogens (tertiary/aromatic N) is 3. The lowest BCUT2D eigenvalue weighted by Crippen LogP contribution is -2.52. The molecule has 0 spiro atoms. The monoisotopic (exact) mass is 431 g/mol. The maximum absolute atomic E-state index is 14.1. The highest BCUT2D eigenvalue weighted by molar-refractivity contribution is 5.80. The lowest BCUT2D eigenvalue weighted by atomic mass is 10.2. The highest BCUT2D eigenvalue weighted by Crippen LogP contribution is 2.22. The van der Waals surface area contributed by atoms with Gasteiger partial charge in [0.1, 0.15) is 17.4 Å². The maximum atomic E-state index is 14.1. The van der Waals surface area contributed by atoms with Gasteiger partial charge in [-0.2, -0.15) is 0 Å². The molecule has 0 bridgehead atoms. The van der Waals surface area contributed by atoms with E-state index in [-0.39, 0.29) is 12.3 Å². The fourth-order valence-electron chi connectivity index (χ4n) is 3.37. The number of halogens is 2. The number of carbonyl (C=O) groups is 1. The van der Waals surface area contributed by atoms with E-state index < -0.39 is 17.5 Å². The van der Waals surface area contributed by atoms with E-state index in [9.17, 15) is 13.6 Å². The second-order valence-electron chi connectivity index (χ2n) is 7.14. The van der Waals surface area contributed by atoms with Gasteiger partial charge < -0.3 is 25.6 Å². The van der Waals surface area contributed by atoms with Crippen LogP contribution in [0.3, 0.4) is 0 Å². The summed E-state index contributed by atoms with van der Waals surface area (Å²) >= 11 is 0. The van der Waals surface area contributed by atoms with Crippen molar-refractivity contribution in [2.75, 3.05) is 44.2 Å². The van der Waals surface area contributed by atoms with Crippen LogP contribution in [-0.4, -0.2) is 56.1 Å². The molecule has 1 aliphatic heterocycles. The summed E-state index contributed by atoms with van der Waals surface area (Å²) in [7, 11) is 0. The van der Waals surface area contributed by atoms with Crippen molar-refractivity contribution in [2.24, 2.45) is 10.7 Å². The van der Waals surface area contributed by atoms with Crippen LogP contribution in [0.25, 0.3) is 0 Å². The maximum Gasteiger partial charge on any atom is 0.255 e. The van der Waals surface area contributed by atoms with Crippen molar-refractivity contribution in [3.8, 4) is 5.75 Å². The number of benzene rings is 2. The first-order valence-corrected chi connectivity index (χ1v) is 10.2. The van der Waals surface area contributed by atoms with Crippen LogP contribution in [0.15, 0.2) is 47.5 Å². The normalized spacial score (nSPS) is 14.5. The standard InChI is InChI=1S/C22H27F2N5O2/c1-2-26-22(27-14-16-4-3-5-18(12-16)31-15-21(25)30)29-10-8-28(9-11-29)20-13-17(23)6-7-19(20)24/h3-7,12-13H,2,8-11,14-15H2,1H3,(H2,25,30)(H,26,27). The van der Waals surface area contributed by atoms with Gasteiger partial charge in [0, 0.05) is 38.8 Å². The molecule has 166 valence electrons. The SMILES string of the molecule is CCNC(=NCc1cccc(OCC(N)=O)c1)N1CCN(c2cc(F)ccc2F)CC1. The number of primary amides is 1. The average molecular weight is 431 g/mol. The van der Waals surface area contributed by atoms with Crippen molar-refractivity contribution in [1.82, 2.24) is 10.2 Å². The molecule has 0 aromatic heterocycles. The Balaban J connectivity index is 1.63. The van der Waals surface area contributed by atoms with E-state index >= 15 is 0 Å². The third kappa shape index (κ3) is 6.31. The van der Waals surface area contributed by atoms with Crippen molar-refractivity contribution >= 4 is 17.6 Å². The predicted molar refractivity (Wildman–Crippen MR) is 116 cm³/mol. The van der Waals surface area contributed by atoms with Crippen LogP contribution in [0.1, 0.15) is 12.5 Å². The number of hydrogen-bond acceptors (Lipinski definition) is 4. The molecule has 1 amide bonds. The van der Waals surface area contributed by atoms with Gasteiger partial charge in [-0.05, 0) is 36.8 Å². The van der Waals surface area contributed by atoms with E-state index in [1.165, 1.54) is 6.07 Å². The Morgan fingerprint density at radius 3 is 2.65 bits per heavy atom. The highest BCUT2D eigenvalue weighted by Gasteiger charge is 2.22. The number of nitrogens with one attached hydrogen (secondary N) is 1. The number of guanidine groups is 1. The summed E-state index contributed by atoms with van der Waals surface area (Å²) in [5, 5.41) is 3.28. The topological polar surface area (TPSA) is 83.2 Å². The molecule has 0 unspecified atom stereocenters. The molecule has 1 saturated heterocycles. The molecule has 3 rings (SSSR count).